The van der Waals surface area contributed by atoms with Crippen LogP contribution < -0.4 is 0 Å². The molecule has 128 valence electrons. The molecular formula is C22H21FO2. The van der Waals surface area contributed by atoms with Crippen LogP contribution >= 0.6 is 0 Å². The van der Waals surface area contributed by atoms with E-state index in [1.54, 1.807) is 12.1 Å². The van der Waals surface area contributed by atoms with Crippen LogP contribution in [0.2, 0.25) is 0 Å². The molecule has 0 spiro atoms. The summed E-state index contributed by atoms with van der Waals surface area (Å²) in [5.74, 6) is 0.695. The van der Waals surface area contributed by atoms with E-state index in [9.17, 15) is 4.39 Å². The highest BCUT2D eigenvalue weighted by Crippen LogP contribution is 2.46. The molecule has 3 heteroatoms. The molecule has 2 atom stereocenters. The van der Waals surface area contributed by atoms with Gasteiger partial charge in [-0.15, -0.1) is 0 Å². The molecule has 2 aromatic carbocycles. The van der Waals surface area contributed by atoms with E-state index in [1.807, 2.05) is 36.4 Å². The molecule has 25 heavy (non-hydrogen) atoms. The first-order valence-corrected chi connectivity index (χ1v) is 8.58. The number of hydrogen-bond acceptors (Lipinski definition) is 2. The Morgan fingerprint density at radius 3 is 2.40 bits per heavy atom. The van der Waals surface area contributed by atoms with Crippen molar-refractivity contribution in [2.75, 3.05) is 6.61 Å². The lowest BCUT2D eigenvalue weighted by atomic mass is 9.84. The van der Waals surface area contributed by atoms with E-state index < -0.39 is 0 Å². The van der Waals surface area contributed by atoms with Gasteiger partial charge in [-0.05, 0) is 43.2 Å². The van der Waals surface area contributed by atoms with Gasteiger partial charge in [0.05, 0.1) is 12.2 Å². The molecule has 0 bridgehead atoms. The van der Waals surface area contributed by atoms with E-state index in [1.165, 1.54) is 17.7 Å². The fraction of sp³-hybridized carbons (Fsp3) is 0.273. The Morgan fingerprint density at radius 1 is 0.960 bits per heavy atom. The van der Waals surface area contributed by atoms with Gasteiger partial charge in [0.25, 0.3) is 0 Å². The molecule has 1 fully saturated rings. The van der Waals surface area contributed by atoms with Gasteiger partial charge in [-0.1, -0.05) is 48.5 Å². The largest absolute Gasteiger partial charge is 0.484 e. The molecule has 2 nitrogen and oxygen atoms in total. The highest BCUT2D eigenvalue weighted by atomic mass is 19.1. The summed E-state index contributed by atoms with van der Waals surface area (Å²) in [6, 6.07) is 16.6. The van der Waals surface area contributed by atoms with Gasteiger partial charge in [-0.25, -0.2) is 4.39 Å². The van der Waals surface area contributed by atoms with Crippen molar-refractivity contribution in [1.82, 2.24) is 0 Å². The zero-order valence-corrected chi connectivity index (χ0v) is 14.4. The monoisotopic (exact) mass is 336 g/mol. The van der Waals surface area contributed by atoms with Crippen LogP contribution in [0.4, 0.5) is 4.39 Å². The predicted octanol–water partition coefficient (Wildman–Crippen LogP) is 5.29. The van der Waals surface area contributed by atoms with Crippen LogP contribution in [-0.2, 0) is 9.47 Å². The first-order chi connectivity index (χ1) is 12.0. The molecule has 4 rings (SSSR count). The average molecular weight is 336 g/mol. The van der Waals surface area contributed by atoms with Crippen molar-refractivity contribution in [3.63, 3.8) is 0 Å². The molecule has 2 aliphatic heterocycles. The minimum absolute atomic E-state index is 0.109. The fourth-order valence-corrected chi connectivity index (χ4v) is 3.64. The third kappa shape index (κ3) is 3.00. The topological polar surface area (TPSA) is 18.5 Å². The lowest BCUT2D eigenvalue weighted by Crippen LogP contribution is -2.22. The summed E-state index contributed by atoms with van der Waals surface area (Å²) in [7, 11) is 0. The Kier molecular flexibility index (Phi) is 3.97. The third-order valence-electron chi connectivity index (χ3n) is 5.01. The SMILES string of the molecule is CC1(C)OC[C@H]2C1=CC=C(c1ccccc1)O[C@@H]2c1ccc(F)cc1. The van der Waals surface area contributed by atoms with Crippen LogP contribution in [0.25, 0.3) is 5.76 Å². The number of fused-ring (bicyclic) bond motifs is 1. The van der Waals surface area contributed by atoms with E-state index in [2.05, 4.69) is 19.9 Å². The first kappa shape index (κ1) is 16.1. The Labute approximate surface area is 147 Å². The minimum Gasteiger partial charge on any atom is -0.484 e. The Hall–Kier alpha value is -2.39. The summed E-state index contributed by atoms with van der Waals surface area (Å²) in [6.07, 6.45) is 3.95. The van der Waals surface area contributed by atoms with Gasteiger partial charge in [-0.2, -0.15) is 0 Å². The average Bonchev–Trinajstić information content (AvgIpc) is 2.80. The Balaban J connectivity index is 1.79. The van der Waals surface area contributed by atoms with Crippen molar-refractivity contribution in [1.29, 1.82) is 0 Å². The summed E-state index contributed by atoms with van der Waals surface area (Å²) in [5, 5.41) is 0. The molecular weight excluding hydrogens is 315 g/mol. The first-order valence-electron chi connectivity index (χ1n) is 8.58. The van der Waals surface area contributed by atoms with Crippen LogP contribution in [0, 0.1) is 11.7 Å². The lowest BCUT2D eigenvalue weighted by Gasteiger charge is -2.26. The van der Waals surface area contributed by atoms with Crippen molar-refractivity contribution in [2.45, 2.75) is 25.6 Å². The van der Waals surface area contributed by atoms with Crippen LogP contribution in [0.5, 0.6) is 0 Å². The Morgan fingerprint density at radius 2 is 1.68 bits per heavy atom. The van der Waals surface area contributed by atoms with Crippen molar-refractivity contribution in [3.05, 3.63) is 89.3 Å². The van der Waals surface area contributed by atoms with Gasteiger partial charge in [0.1, 0.15) is 17.7 Å². The summed E-state index contributed by atoms with van der Waals surface area (Å²) in [6.45, 7) is 4.76. The maximum Gasteiger partial charge on any atom is 0.133 e. The van der Waals surface area contributed by atoms with Gasteiger partial charge < -0.3 is 9.47 Å². The highest BCUT2D eigenvalue weighted by Gasteiger charge is 2.44. The van der Waals surface area contributed by atoms with E-state index >= 15 is 0 Å². The molecule has 2 aromatic rings. The van der Waals surface area contributed by atoms with E-state index in [-0.39, 0.29) is 23.4 Å². The number of benzene rings is 2. The normalized spacial score (nSPS) is 24.6. The molecule has 1 saturated heterocycles. The van der Waals surface area contributed by atoms with E-state index in [0.717, 1.165) is 16.9 Å². The smallest absolute Gasteiger partial charge is 0.133 e. The van der Waals surface area contributed by atoms with Crippen molar-refractivity contribution in [2.24, 2.45) is 5.92 Å². The van der Waals surface area contributed by atoms with Gasteiger partial charge in [0, 0.05) is 11.5 Å². The zero-order valence-electron chi connectivity index (χ0n) is 14.4. The summed E-state index contributed by atoms with van der Waals surface area (Å²) in [4.78, 5) is 0. The van der Waals surface area contributed by atoms with E-state index in [4.69, 9.17) is 9.47 Å². The number of hydrogen-bond donors (Lipinski definition) is 0. The summed E-state index contributed by atoms with van der Waals surface area (Å²) in [5.41, 5.74) is 2.88. The van der Waals surface area contributed by atoms with Crippen LogP contribution in [0.3, 0.4) is 0 Å². The second-order valence-corrected chi connectivity index (χ2v) is 7.04. The van der Waals surface area contributed by atoms with Crippen LogP contribution in [-0.4, -0.2) is 12.2 Å². The van der Waals surface area contributed by atoms with Gasteiger partial charge >= 0.3 is 0 Å². The lowest BCUT2D eigenvalue weighted by molar-refractivity contribution is 0.0354. The van der Waals surface area contributed by atoms with Crippen molar-refractivity contribution < 1.29 is 13.9 Å². The number of allylic oxidation sites excluding steroid dienone is 2. The van der Waals surface area contributed by atoms with E-state index in [0.29, 0.717) is 6.61 Å². The maximum atomic E-state index is 13.4. The maximum absolute atomic E-state index is 13.4. The van der Waals surface area contributed by atoms with Crippen LogP contribution in [0.1, 0.15) is 31.1 Å². The molecule has 0 aliphatic carbocycles. The highest BCUT2D eigenvalue weighted by molar-refractivity contribution is 5.63. The van der Waals surface area contributed by atoms with Gasteiger partial charge in [-0.3, -0.25) is 0 Å². The molecule has 0 unspecified atom stereocenters. The van der Waals surface area contributed by atoms with Crippen LogP contribution in [0.15, 0.2) is 72.3 Å². The Bertz CT molecular complexity index is 819. The predicted molar refractivity (Wildman–Crippen MR) is 96.2 cm³/mol. The third-order valence-corrected chi connectivity index (χ3v) is 5.01. The molecule has 0 saturated carbocycles. The minimum atomic E-state index is -0.324. The molecule has 0 amide bonds. The van der Waals surface area contributed by atoms with Crippen molar-refractivity contribution in [3.8, 4) is 0 Å². The zero-order chi connectivity index (χ0) is 17.4. The molecule has 2 heterocycles. The number of ether oxygens (including phenoxy) is 2. The number of halogens is 1. The fourth-order valence-electron chi connectivity index (χ4n) is 3.64. The molecule has 0 radical (unpaired) electrons. The van der Waals surface area contributed by atoms with Crippen molar-refractivity contribution >= 4 is 5.76 Å². The second kappa shape index (κ2) is 6.16. The summed E-state index contributed by atoms with van der Waals surface area (Å²) >= 11 is 0. The quantitative estimate of drug-likeness (QED) is 0.742. The summed E-state index contributed by atoms with van der Waals surface area (Å²) < 4.78 is 25.8. The van der Waals surface area contributed by atoms with Gasteiger partial charge in [0.2, 0.25) is 0 Å². The standard InChI is InChI=1S/C22H21FO2/c1-22(2)19-12-13-20(15-6-4-3-5-7-15)25-21(18(19)14-24-22)16-8-10-17(23)11-9-16/h3-13,18,21H,14H2,1-2H3/t18-,21+/m0/s1. The molecule has 2 aliphatic rings. The van der Waals surface area contributed by atoms with Gasteiger partial charge in [0.15, 0.2) is 0 Å². The second-order valence-electron chi connectivity index (χ2n) is 7.04. The molecule has 0 N–H and O–H groups in total. The number of rotatable bonds is 2. The molecule has 0 aromatic heterocycles.